The van der Waals surface area contributed by atoms with E-state index in [0.29, 0.717) is 14.2 Å². The summed E-state index contributed by atoms with van der Waals surface area (Å²) in [6, 6.07) is 8.38. The van der Waals surface area contributed by atoms with E-state index in [1.54, 1.807) is 12.1 Å². The highest BCUT2D eigenvalue weighted by Gasteiger charge is 2.16. The number of benzene rings is 2. The van der Waals surface area contributed by atoms with Crippen LogP contribution in [-0.4, -0.2) is 5.78 Å². The minimum absolute atomic E-state index is 0.219. The molecule has 0 saturated heterocycles. The summed E-state index contributed by atoms with van der Waals surface area (Å²) in [5.74, 6) is -1.80. The van der Waals surface area contributed by atoms with Gasteiger partial charge in [0.15, 0.2) is 5.78 Å². The van der Waals surface area contributed by atoms with E-state index in [-0.39, 0.29) is 17.8 Å². The quantitative estimate of drug-likeness (QED) is 0.549. The van der Waals surface area contributed by atoms with Crippen LogP contribution in [-0.2, 0) is 6.42 Å². The molecule has 0 amide bonds. The van der Waals surface area contributed by atoms with Crippen LogP contribution < -0.4 is 0 Å². The average molecular weight is 393 g/mol. The molecule has 0 fully saturated rings. The Labute approximate surface area is 127 Å². The van der Waals surface area contributed by atoms with Crippen molar-refractivity contribution in [1.29, 1.82) is 0 Å². The molecule has 0 aliphatic carbocycles. The van der Waals surface area contributed by atoms with Crippen molar-refractivity contribution in [3.8, 4) is 0 Å². The Hall–Kier alpha value is -1.01. The van der Waals surface area contributed by atoms with E-state index in [1.807, 2.05) is 22.6 Å². The fraction of sp³-hybridized carbons (Fsp3) is 0.0714. The highest BCUT2D eigenvalue weighted by molar-refractivity contribution is 14.1. The van der Waals surface area contributed by atoms with Gasteiger partial charge in [0, 0.05) is 26.1 Å². The Kier molecular flexibility index (Phi) is 4.52. The van der Waals surface area contributed by atoms with E-state index in [9.17, 15) is 13.6 Å². The van der Waals surface area contributed by atoms with Crippen LogP contribution in [0.5, 0.6) is 0 Å². The van der Waals surface area contributed by atoms with E-state index in [2.05, 4.69) is 0 Å². The first-order valence-corrected chi connectivity index (χ1v) is 6.86. The second-order valence-electron chi connectivity index (χ2n) is 3.92. The lowest BCUT2D eigenvalue weighted by atomic mass is 10.0. The third kappa shape index (κ3) is 3.30. The minimum atomic E-state index is -0.717. The number of Topliss-reactive ketones (excluding diaryl/α,β-unsaturated/α-hetero) is 1. The first-order chi connectivity index (χ1) is 8.99. The summed E-state index contributed by atoms with van der Waals surface area (Å²) >= 11 is 7.81. The second-order valence-corrected chi connectivity index (χ2v) is 5.52. The fourth-order valence-electron chi connectivity index (χ4n) is 1.67. The molecule has 0 atom stereocenters. The molecule has 0 radical (unpaired) electrons. The molecule has 0 saturated carbocycles. The molecule has 0 bridgehead atoms. The number of carbonyl (C=O) groups excluding carboxylic acids is 1. The zero-order chi connectivity index (χ0) is 14.0. The van der Waals surface area contributed by atoms with E-state index >= 15 is 0 Å². The van der Waals surface area contributed by atoms with Crippen LogP contribution in [0.4, 0.5) is 8.78 Å². The summed E-state index contributed by atoms with van der Waals surface area (Å²) < 4.78 is 27.7. The van der Waals surface area contributed by atoms with Gasteiger partial charge in [-0.25, -0.2) is 8.78 Å². The molecule has 0 spiro atoms. The number of rotatable bonds is 3. The molecule has 0 N–H and O–H groups in total. The highest BCUT2D eigenvalue weighted by atomic mass is 127. The van der Waals surface area contributed by atoms with Crippen LogP contribution in [0, 0.1) is 15.2 Å². The topological polar surface area (TPSA) is 17.1 Å². The van der Waals surface area contributed by atoms with E-state index in [4.69, 9.17) is 11.6 Å². The van der Waals surface area contributed by atoms with E-state index in [1.165, 1.54) is 12.1 Å². The van der Waals surface area contributed by atoms with Gasteiger partial charge in [-0.3, -0.25) is 4.79 Å². The van der Waals surface area contributed by atoms with Gasteiger partial charge in [-0.2, -0.15) is 0 Å². The summed E-state index contributed by atoms with van der Waals surface area (Å²) in [4.78, 5) is 12.1. The van der Waals surface area contributed by atoms with Gasteiger partial charge in [0.25, 0.3) is 0 Å². The van der Waals surface area contributed by atoms with Gasteiger partial charge in [0.1, 0.15) is 11.6 Å². The van der Waals surface area contributed by atoms with Crippen molar-refractivity contribution in [3.63, 3.8) is 0 Å². The predicted octanol–water partition coefficient (Wildman–Crippen LogP) is 4.65. The van der Waals surface area contributed by atoms with Crippen LogP contribution in [0.1, 0.15) is 15.9 Å². The Morgan fingerprint density at radius 2 is 1.79 bits per heavy atom. The summed E-state index contributed by atoms with van der Waals surface area (Å²) in [5, 5.41) is 0.415. The molecular weight excluding hydrogens is 385 g/mol. The molecule has 0 aliphatic heterocycles. The molecule has 2 aromatic rings. The molecule has 0 aromatic heterocycles. The normalized spacial score (nSPS) is 10.5. The standard InChI is InChI=1S/C14H8ClF2IO/c15-8-4-5-13(18)10(6-8)14(19)7-9-11(16)2-1-3-12(9)17/h1-6H,7H2. The van der Waals surface area contributed by atoms with Gasteiger partial charge in [-0.05, 0) is 52.9 Å². The van der Waals surface area contributed by atoms with Crippen LogP contribution in [0.15, 0.2) is 36.4 Å². The monoisotopic (exact) mass is 392 g/mol. The van der Waals surface area contributed by atoms with Gasteiger partial charge in [0.05, 0.1) is 0 Å². The van der Waals surface area contributed by atoms with Gasteiger partial charge in [-0.15, -0.1) is 0 Å². The van der Waals surface area contributed by atoms with Gasteiger partial charge in [0.2, 0.25) is 0 Å². The van der Waals surface area contributed by atoms with Crippen molar-refractivity contribution in [2.75, 3.05) is 0 Å². The maximum atomic E-state index is 13.5. The van der Waals surface area contributed by atoms with Gasteiger partial charge in [-0.1, -0.05) is 17.7 Å². The van der Waals surface area contributed by atoms with Crippen molar-refractivity contribution in [3.05, 3.63) is 67.8 Å². The van der Waals surface area contributed by atoms with Crippen molar-refractivity contribution < 1.29 is 13.6 Å². The zero-order valence-corrected chi connectivity index (χ0v) is 12.5. The van der Waals surface area contributed by atoms with Crippen molar-refractivity contribution >= 4 is 40.0 Å². The predicted molar refractivity (Wildman–Crippen MR) is 78.6 cm³/mol. The lowest BCUT2D eigenvalue weighted by molar-refractivity contribution is 0.0989. The Morgan fingerprint density at radius 3 is 2.42 bits per heavy atom. The molecule has 0 heterocycles. The smallest absolute Gasteiger partial charge is 0.168 e. The zero-order valence-electron chi connectivity index (χ0n) is 9.59. The third-order valence-electron chi connectivity index (χ3n) is 2.63. The van der Waals surface area contributed by atoms with Crippen molar-refractivity contribution in [2.24, 2.45) is 0 Å². The summed E-state index contributed by atoms with van der Waals surface area (Å²) in [6.07, 6.45) is -0.325. The number of hydrogen-bond acceptors (Lipinski definition) is 1. The average Bonchev–Trinajstić information content (AvgIpc) is 2.37. The number of hydrogen-bond donors (Lipinski definition) is 0. The number of halogens is 4. The maximum Gasteiger partial charge on any atom is 0.168 e. The molecule has 2 rings (SSSR count). The lowest BCUT2D eigenvalue weighted by Crippen LogP contribution is -2.09. The van der Waals surface area contributed by atoms with E-state index < -0.39 is 11.6 Å². The molecule has 19 heavy (non-hydrogen) atoms. The maximum absolute atomic E-state index is 13.5. The van der Waals surface area contributed by atoms with Crippen molar-refractivity contribution in [2.45, 2.75) is 6.42 Å². The van der Waals surface area contributed by atoms with Crippen LogP contribution >= 0.6 is 34.2 Å². The lowest BCUT2D eigenvalue weighted by Gasteiger charge is -2.06. The second kappa shape index (κ2) is 5.96. The van der Waals surface area contributed by atoms with Crippen molar-refractivity contribution in [1.82, 2.24) is 0 Å². The molecule has 2 aromatic carbocycles. The molecular formula is C14H8ClF2IO. The van der Waals surface area contributed by atoms with Gasteiger partial charge >= 0.3 is 0 Å². The SMILES string of the molecule is O=C(Cc1c(F)cccc1F)c1cc(Cl)ccc1I. The van der Waals surface area contributed by atoms with Crippen LogP contribution in [0.25, 0.3) is 0 Å². The molecule has 1 nitrogen and oxygen atoms in total. The third-order valence-corrected chi connectivity index (χ3v) is 3.80. The molecule has 98 valence electrons. The largest absolute Gasteiger partial charge is 0.294 e. The molecule has 0 unspecified atom stereocenters. The fourth-order valence-corrected chi connectivity index (χ4v) is 2.48. The highest BCUT2D eigenvalue weighted by Crippen LogP contribution is 2.21. The van der Waals surface area contributed by atoms with E-state index in [0.717, 1.165) is 12.1 Å². The van der Waals surface area contributed by atoms with Crippen LogP contribution in [0.2, 0.25) is 5.02 Å². The number of carbonyl (C=O) groups is 1. The summed E-state index contributed by atoms with van der Waals surface area (Å²) in [5.41, 5.74) is 0.152. The minimum Gasteiger partial charge on any atom is -0.294 e. The summed E-state index contributed by atoms with van der Waals surface area (Å²) in [6.45, 7) is 0. The molecule has 5 heteroatoms. The Morgan fingerprint density at radius 1 is 1.16 bits per heavy atom. The van der Waals surface area contributed by atoms with Crippen LogP contribution in [0.3, 0.4) is 0 Å². The first kappa shape index (κ1) is 14.4. The number of ketones is 1. The molecule has 0 aliphatic rings. The van der Waals surface area contributed by atoms with Gasteiger partial charge < -0.3 is 0 Å². The first-order valence-electron chi connectivity index (χ1n) is 5.40. The Balaban J connectivity index is 2.34. The Bertz CT molecular complexity index is 623. The summed E-state index contributed by atoms with van der Waals surface area (Å²) in [7, 11) is 0.